The molecule has 1 amide bonds. The molecule has 1 saturated heterocycles. The molecule has 4 rings (SSSR count). The van der Waals surface area contributed by atoms with Crippen molar-refractivity contribution in [2.45, 2.75) is 38.1 Å². The number of halogens is 1. The van der Waals surface area contributed by atoms with Crippen molar-refractivity contribution in [3.63, 3.8) is 0 Å². The summed E-state index contributed by atoms with van der Waals surface area (Å²) in [5.74, 6) is -0.405. The summed E-state index contributed by atoms with van der Waals surface area (Å²) in [4.78, 5) is 17.9. The Morgan fingerprint density at radius 3 is 2.47 bits per heavy atom. The standard InChI is InChI=1S/C21H22ClN3O3S2/c1-3-25-19-14(2)12-16(22)13-18(19)29-21(25)23-20(26)15-6-8-17(9-7-15)30(27,28)24-10-4-5-11-24/h6-9,12-13H,3-5,10-11H2,1-2H3. The van der Waals surface area contributed by atoms with Gasteiger partial charge in [-0.25, -0.2) is 8.42 Å². The zero-order chi connectivity index (χ0) is 21.5. The molecule has 0 unspecified atom stereocenters. The lowest BCUT2D eigenvalue weighted by Crippen LogP contribution is -2.27. The third-order valence-electron chi connectivity index (χ3n) is 5.25. The molecule has 0 spiro atoms. The van der Waals surface area contributed by atoms with Crippen molar-refractivity contribution in [1.29, 1.82) is 0 Å². The summed E-state index contributed by atoms with van der Waals surface area (Å²) in [6.45, 7) is 5.75. The molecule has 9 heteroatoms. The Labute approximate surface area is 184 Å². The average molecular weight is 464 g/mol. The van der Waals surface area contributed by atoms with Crippen LogP contribution in [0, 0.1) is 6.92 Å². The zero-order valence-corrected chi connectivity index (χ0v) is 19.1. The van der Waals surface area contributed by atoms with Gasteiger partial charge >= 0.3 is 0 Å². The highest BCUT2D eigenvalue weighted by Crippen LogP contribution is 2.26. The molecule has 2 aromatic carbocycles. The fraction of sp³-hybridized carbons (Fsp3) is 0.333. The summed E-state index contributed by atoms with van der Waals surface area (Å²) in [6.07, 6.45) is 1.76. The van der Waals surface area contributed by atoms with E-state index in [-0.39, 0.29) is 4.90 Å². The molecule has 1 aliphatic heterocycles. The Morgan fingerprint density at radius 1 is 1.17 bits per heavy atom. The number of nitrogens with zero attached hydrogens (tertiary/aromatic N) is 3. The predicted molar refractivity (Wildman–Crippen MR) is 120 cm³/mol. The quantitative estimate of drug-likeness (QED) is 0.581. The fourth-order valence-electron chi connectivity index (χ4n) is 3.75. The van der Waals surface area contributed by atoms with Crippen LogP contribution in [0.3, 0.4) is 0 Å². The SMILES string of the molecule is CCn1c(=NC(=O)c2ccc(S(=O)(=O)N3CCCC3)cc2)sc2cc(Cl)cc(C)c21. The van der Waals surface area contributed by atoms with Crippen molar-refractivity contribution >= 4 is 49.1 Å². The summed E-state index contributed by atoms with van der Waals surface area (Å²) in [5.41, 5.74) is 2.40. The van der Waals surface area contributed by atoms with Gasteiger partial charge in [0.15, 0.2) is 4.80 Å². The van der Waals surface area contributed by atoms with Gasteiger partial charge in [-0.3, -0.25) is 4.79 Å². The normalized spacial score (nSPS) is 15.9. The Balaban J connectivity index is 1.69. The highest BCUT2D eigenvalue weighted by molar-refractivity contribution is 7.89. The molecule has 30 heavy (non-hydrogen) atoms. The Bertz CT molecular complexity index is 1290. The monoisotopic (exact) mass is 463 g/mol. The van der Waals surface area contributed by atoms with Crippen molar-refractivity contribution < 1.29 is 13.2 Å². The van der Waals surface area contributed by atoms with E-state index in [2.05, 4.69) is 4.99 Å². The minimum Gasteiger partial charge on any atom is -0.316 e. The number of aromatic nitrogens is 1. The number of sulfonamides is 1. The van der Waals surface area contributed by atoms with Crippen LogP contribution in [-0.2, 0) is 16.6 Å². The summed E-state index contributed by atoms with van der Waals surface area (Å²) in [7, 11) is -3.50. The maximum atomic E-state index is 12.8. The molecular formula is C21H22ClN3O3S2. The third-order valence-corrected chi connectivity index (χ3v) is 8.41. The lowest BCUT2D eigenvalue weighted by atomic mass is 10.2. The molecule has 0 aliphatic carbocycles. The first-order valence-electron chi connectivity index (χ1n) is 9.80. The highest BCUT2D eigenvalue weighted by atomic mass is 35.5. The van der Waals surface area contributed by atoms with Gasteiger partial charge < -0.3 is 4.57 Å². The van der Waals surface area contributed by atoms with Crippen molar-refractivity contribution in [3.8, 4) is 0 Å². The van der Waals surface area contributed by atoms with Crippen LogP contribution in [0.15, 0.2) is 46.3 Å². The highest BCUT2D eigenvalue weighted by Gasteiger charge is 2.27. The van der Waals surface area contributed by atoms with E-state index in [9.17, 15) is 13.2 Å². The molecule has 1 aromatic heterocycles. The van der Waals surface area contributed by atoms with Crippen LogP contribution in [0.25, 0.3) is 10.2 Å². The lowest BCUT2D eigenvalue weighted by Gasteiger charge is -2.15. The third kappa shape index (κ3) is 3.85. The molecule has 0 N–H and O–H groups in total. The number of aryl methyl sites for hydroxylation is 2. The second-order valence-corrected chi connectivity index (χ2v) is 10.6. The number of hydrogen-bond acceptors (Lipinski definition) is 4. The second kappa shape index (κ2) is 8.26. The van der Waals surface area contributed by atoms with Gasteiger partial charge in [0.05, 0.1) is 15.1 Å². The number of rotatable bonds is 4. The van der Waals surface area contributed by atoms with Crippen molar-refractivity contribution in [3.05, 3.63) is 57.3 Å². The van der Waals surface area contributed by atoms with Crippen LogP contribution in [0.2, 0.25) is 5.02 Å². The maximum absolute atomic E-state index is 12.8. The van der Waals surface area contributed by atoms with Crippen LogP contribution in [-0.4, -0.2) is 36.3 Å². The van der Waals surface area contributed by atoms with Gasteiger partial charge in [-0.1, -0.05) is 22.9 Å². The van der Waals surface area contributed by atoms with E-state index >= 15 is 0 Å². The first kappa shape index (κ1) is 21.2. The van der Waals surface area contributed by atoms with Gasteiger partial charge in [-0.15, -0.1) is 0 Å². The van der Waals surface area contributed by atoms with Crippen LogP contribution >= 0.6 is 22.9 Å². The zero-order valence-electron chi connectivity index (χ0n) is 16.8. The molecule has 0 atom stereocenters. The van der Waals surface area contributed by atoms with Gasteiger partial charge in [-0.05, 0) is 68.7 Å². The molecule has 1 aliphatic rings. The molecule has 1 fully saturated rings. The largest absolute Gasteiger partial charge is 0.316 e. The molecule has 6 nitrogen and oxygen atoms in total. The molecule has 0 saturated carbocycles. The van der Waals surface area contributed by atoms with E-state index in [1.807, 2.05) is 30.5 Å². The van der Waals surface area contributed by atoms with E-state index in [1.54, 1.807) is 0 Å². The minimum absolute atomic E-state index is 0.205. The fourth-order valence-corrected chi connectivity index (χ4v) is 6.82. The summed E-state index contributed by atoms with van der Waals surface area (Å²) >= 11 is 7.59. The van der Waals surface area contributed by atoms with Gasteiger partial charge in [0.2, 0.25) is 10.0 Å². The number of carbonyl (C=O) groups excluding carboxylic acids is 1. The van der Waals surface area contributed by atoms with Crippen molar-refractivity contribution in [2.75, 3.05) is 13.1 Å². The Hall–Kier alpha value is -2.00. The van der Waals surface area contributed by atoms with E-state index in [0.29, 0.717) is 35.0 Å². The van der Waals surface area contributed by atoms with Crippen LogP contribution < -0.4 is 4.80 Å². The minimum atomic E-state index is -3.50. The van der Waals surface area contributed by atoms with E-state index in [0.717, 1.165) is 28.6 Å². The average Bonchev–Trinajstić information content (AvgIpc) is 3.36. The van der Waals surface area contributed by atoms with E-state index in [4.69, 9.17) is 11.6 Å². The van der Waals surface area contributed by atoms with Crippen LogP contribution in [0.5, 0.6) is 0 Å². The van der Waals surface area contributed by atoms with E-state index < -0.39 is 15.9 Å². The number of fused-ring (bicyclic) bond motifs is 1. The van der Waals surface area contributed by atoms with Crippen molar-refractivity contribution in [1.82, 2.24) is 8.87 Å². The first-order chi connectivity index (χ1) is 14.3. The summed E-state index contributed by atoms with van der Waals surface area (Å²) in [5, 5.41) is 0.650. The number of amides is 1. The molecule has 0 radical (unpaired) electrons. The smallest absolute Gasteiger partial charge is 0.279 e. The molecular weight excluding hydrogens is 442 g/mol. The number of carbonyl (C=O) groups is 1. The van der Waals surface area contributed by atoms with Gasteiger partial charge in [0, 0.05) is 30.2 Å². The Morgan fingerprint density at radius 2 is 1.83 bits per heavy atom. The van der Waals surface area contributed by atoms with Crippen LogP contribution in [0.4, 0.5) is 0 Å². The molecule has 2 heterocycles. The Kier molecular flexibility index (Phi) is 5.85. The molecule has 0 bridgehead atoms. The van der Waals surface area contributed by atoms with Gasteiger partial charge in [0.1, 0.15) is 0 Å². The van der Waals surface area contributed by atoms with E-state index in [1.165, 1.54) is 39.9 Å². The summed E-state index contributed by atoms with van der Waals surface area (Å²) < 4.78 is 29.8. The lowest BCUT2D eigenvalue weighted by molar-refractivity contribution is 0.0997. The first-order valence-corrected chi connectivity index (χ1v) is 12.4. The predicted octanol–water partition coefficient (Wildman–Crippen LogP) is 4.21. The van der Waals surface area contributed by atoms with Crippen LogP contribution in [0.1, 0.15) is 35.7 Å². The van der Waals surface area contributed by atoms with Gasteiger partial charge in [-0.2, -0.15) is 9.30 Å². The summed E-state index contributed by atoms with van der Waals surface area (Å²) in [6, 6.07) is 9.80. The number of benzene rings is 2. The van der Waals surface area contributed by atoms with Gasteiger partial charge in [0.25, 0.3) is 5.91 Å². The number of thiazole rings is 1. The second-order valence-electron chi connectivity index (χ2n) is 7.25. The topological polar surface area (TPSA) is 71.7 Å². The molecule has 158 valence electrons. The maximum Gasteiger partial charge on any atom is 0.279 e. The number of hydrogen-bond donors (Lipinski definition) is 0. The molecule has 3 aromatic rings. The van der Waals surface area contributed by atoms with Crippen molar-refractivity contribution in [2.24, 2.45) is 4.99 Å².